The van der Waals surface area contributed by atoms with Crippen LogP contribution in [0, 0.1) is 11.8 Å². The highest BCUT2D eigenvalue weighted by Crippen LogP contribution is 2.24. The Hall–Kier alpha value is -0.280. The van der Waals surface area contributed by atoms with Crippen LogP contribution in [-0.4, -0.2) is 41.0 Å². The Bertz CT molecular complexity index is 233. The maximum Gasteiger partial charge on any atom is 0.223 e. The molecule has 0 aromatic rings. The van der Waals surface area contributed by atoms with Gasteiger partial charge in [-0.25, -0.2) is 0 Å². The Morgan fingerprint density at radius 3 is 2.81 bits per heavy atom. The number of likely N-dealkylation sites (tertiary alicyclic amines) is 1. The van der Waals surface area contributed by atoms with Crippen LogP contribution in [-0.2, 0) is 4.79 Å². The van der Waals surface area contributed by atoms with Crippen LogP contribution in [0.25, 0.3) is 0 Å². The second-order valence-corrected chi connectivity index (χ2v) is 5.40. The number of amides is 1. The van der Waals surface area contributed by atoms with Crippen molar-refractivity contribution in [3.05, 3.63) is 0 Å². The first-order chi connectivity index (χ1) is 7.54. The number of rotatable bonds is 4. The van der Waals surface area contributed by atoms with Gasteiger partial charge in [0.15, 0.2) is 0 Å². The summed E-state index contributed by atoms with van der Waals surface area (Å²) in [6, 6.07) is 0. The fourth-order valence-corrected chi connectivity index (χ4v) is 2.48. The summed E-state index contributed by atoms with van der Waals surface area (Å²) in [6.45, 7) is 5.65. The number of aliphatic hydroxyl groups is 1. The van der Waals surface area contributed by atoms with Crippen molar-refractivity contribution in [1.29, 1.82) is 0 Å². The van der Waals surface area contributed by atoms with Gasteiger partial charge in [0.1, 0.15) is 0 Å². The van der Waals surface area contributed by atoms with Crippen molar-refractivity contribution >= 4 is 17.5 Å². The van der Waals surface area contributed by atoms with Crippen molar-refractivity contribution < 1.29 is 9.90 Å². The van der Waals surface area contributed by atoms with Gasteiger partial charge in [-0.3, -0.25) is 4.79 Å². The minimum Gasteiger partial charge on any atom is -0.393 e. The average molecular weight is 248 g/mol. The zero-order valence-corrected chi connectivity index (χ0v) is 10.9. The molecule has 0 bridgehead atoms. The summed E-state index contributed by atoms with van der Waals surface area (Å²) in [5.74, 6) is 1.29. The SMILES string of the molecule is CC(C)C[C@H]1CN(C(=O)CCCl)CC[C@H]1O. The van der Waals surface area contributed by atoms with Gasteiger partial charge in [-0.2, -0.15) is 0 Å². The molecule has 16 heavy (non-hydrogen) atoms. The smallest absolute Gasteiger partial charge is 0.223 e. The average Bonchev–Trinajstić information content (AvgIpc) is 2.21. The first kappa shape index (κ1) is 13.8. The molecule has 1 aliphatic rings. The van der Waals surface area contributed by atoms with Crippen LogP contribution in [0.5, 0.6) is 0 Å². The van der Waals surface area contributed by atoms with Crippen LogP contribution in [0.15, 0.2) is 0 Å². The van der Waals surface area contributed by atoms with Crippen molar-refractivity contribution in [3.63, 3.8) is 0 Å². The first-order valence-electron chi connectivity index (χ1n) is 6.06. The van der Waals surface area contributed by atoms with Crippen LogP contribution in [0.2, 0.25) is 0 Å². The molecule has 1 amide bonds. The van der Waals surface area contributed by atoms with Crippen LogP contribution in [0.3, 0.4) is 0 Å². The van der Waals surface area contributed by atoms with Gasteiger partial charge < -0.3 is 10.0 Å². The van der Waals surface area contributed by atoms with Gasteiger partial charge in [-0.1, -0.05) is 13.8 Å². The van der Waals surface area contributed by atoms with Crippen molar-refractivity contribution in [2.45, 2.75) is 39.2 Å². The van der Waals surface area contributed by atoms with Gasteiger partial charge in [-0.05, 0) is 18.8 Å². The van der Waals surface area contributed by atoms with Gasteiger partial charge in [0.2, 0.25) is 5.91 Å². The fraction of sp³-hybridized carbons (Fsp3) is 0.917. The topological polar surface area (TPSA) is 40.5 Å². The molecule has 94 valence electrons. The molecular formula is C12H22ClNO2. The van der Waals surface area contributed by atoms with Crippen molar-refractivity contribution in [2.24, 2.45) is 11.8 Å². The molecule has 0 aromatic heterocycles. The number of hydrogen-bond acceptors (Lipinski definition) is 2. The number of carbonyl (C=O) groups excluding carboxylic acids is 1. The molecule has 4 heteroatoms. The predicted octanol–water partition coefficient (Wildman–Crippen LogP) is 1.87. The summed E-state index contributed by atoms with van der Waals surface area (Å²) in [6.07, 6.45) is 1.84. The molecule has 1 heterocycles. The lowest BCUT2D eigenvalue weighted by molar-refractivity contribution is -0.134. The molecule has 0 aromatic carbocycles. The Balaban J connectivity index is 2.49. The van der Waals surface area contributed by atoms with E-state index in [-0.39, 0.29) is 17.9 Å². The quantitative estimate of drug-likeness (QED) is 0.771. The third kappa shape index (κ3) is 3.95. The summed E-state index contributed by atoms with van der Waals surface area (Å²) in [7, 11) is 0. The number of alkyl halides is 1. The van der Waals surface area contributed by atoms with E-state index in [1.807, 2.05) is 4.90 Å². The van der Waals surface area contributed by atoms with Crippen molar-refractivity contribution in [2.75, 3.05) is 19.0 Å². The van der Waals surface area contributed by atoms with Crippen LogP contribution in [0.1, 0.15) is 33.1 Å². The second-order valence-electron chi connectivity index (χ2n) is 5.02. The number of carbonyl (C=O) groups is 1. The number of nitrogens with zero attached hydrogens (tertiary/aromatic N) is 1. The van der Waals surface area contributed by atoms with Gasteiger partial charge in [0.05, 0.1) is 6.10 Å². The maximum absolute atomic E-state index is 11.7. The molecule has 3 nitrogen and oxygen atoms in total. The predicted molar refractivity (Wildman–Crippen MR) is 65.5 cm³/mol. The van der Waals surface area contributed by atoms with E-state index >= 15 is 0 Å². The highest BCUT2D eigenvalue weighted by Gasteiger charge is 2.30. The Morgan fingerprint density at radius 2 is 2.25 bits per heavy atom. The van der Waals surface area contributed by atoms with Crippen molar-refractivity contribution in [3.8, 4) is 0 Å². The molecule has 0 radical (unpaired) electrons. The lowest BCUT2D eigenvalue weighted by atomic mass is 9.87. The van der Waals surface area contributed by atoms with Gasteiger partial charge in [0.25, 0.3) is 0 Å². The molecule has 0 unspecified atom stereocenters. The largest absolute Gasteiger partial charge is 0.393 e. The van der Waals surface area contributed by atoms with Crippen LogP contribution < -0.4 is 0 Å². The van der Waals surface area contributed by atoms with Gasteiger partial charge in [0, 0.05) is 31.3 Å². The number of piperidine rings is 1. The number of halogens is 1. The summed E-state index contributed by atoms with van der Waals surface area (Å²) < 4.78 is 0. The first-order valence-corrected chi connectivity index (χ1v) is 6.59. The fourth-order valence-electron chi connectivity index (χ4n) is 2.32. The van der Waals surface area contributed by atoms with Crippen molar-refractivity contribution in [1.82, 2.24) is 4.90 Å². The van der Waals surface area contributed by atoms with Crippen LogP contribution >= 0.6 is 11.6 Å². The molecule has 0 saturated carbocycles. The molecule has 1 fully saturated rings. The molecular weight excluding hydrogens is 226 g/mol. The van der Waals surface area contributed by atoms with Gasteiger partial charge in [-0.15, -0.1) is 11.6 Å². The summed E-state index contributed by atoms with van der Waals surface area (Å²) in [4.78, 5) is 13.5. The van der Waals surface area contributed by atoms with E-state index < -0.39 is 0 Å². The van der Waals surface area contributed by atoms with E-state index in [0.29, 0.717) is 37.7 Å². The zero-order valence-electron chi connectivity index (χ0n) is 10.2. The molecule has 2 atom stereocenters. The monoisotopic (exact) mass is 247 g/mol. The molecule has 0 spiro atoms. The third-order valence-corrected chi connectivity index (χ3v) is 3.32. The minimum atomic E-state index is -0.248. The van der Waals surface area contributed by atoms with E-state index in [0.717, 1.165) is 6.42 Å². The maximum atomic E-state index is 11.7. The molecule has 1 N–H and O–H groups in total. The van der Waals surface area contributed by atoms with E-state index in [2.05, 4.69) is 13.8 Å². The lowest BCUT2D eigenvalue weighted by Gasteiger charge is -2.37. The van der Waals surface area contributed by atoms with Crippen LogP contribution in [0.4, 0.5) is 0 Å². The minimum absolute atomic E-state index is 0.121. The highest BCUT2D eigenvalue weighted by atomic mass is 35.5. The number of hydrogen-bond donors (Lipinski definition) is 1. The Labute approximate surface area is 103 Å². The summed E-state index contributed by atoms with van der Waals surface area (Å²) in [5.41, 5.74) is 0. The second kappa shape index (κ2) is 6.45. The van der Waals surface area contributed by atoms with E-state index in [4.69, 9.17) is 11.6 Å². The Kier molecular flexibility index (Phi) is 5.56. The standard InChI is InChI=1S/C12H22ClNO2/c1-9(2)7-10-8-14(6-4-11(10)15)12(16)3-5-13/h9-11,15H,3-8H2,1-2H3/t10-,11+/m0/s1. The van der Waals surface area contributed by atoms with E-state index in [1.165, 1.54) is 0 Å². The summed E-state index contributed by atoms with van der Waals surface area (Å²) in [5, 5.41) is 9.88. The third-order valence-electron chi connectivity index (χ3n) is 3.13. The lowest BCUT2D eigenvalue weighted by Crippen LogP contribution is -2.46. The van der Waals surface area contributed by atoms with Gasteiger partial charge >= 0.3 is 0 Å². The van der Waals surface area contributed by atoms with E-state index in [9.17, 15) is 9.90 Å². The van der Waals surface area contributed by atoms with E-state index in [1.54, 1.807) is 0 Å². The number of aliphatic hydroxyl groups excluding tert-OH is 1. The molecule has 1 aliphatic heterocycles. The zero-order chi connectivity index (χ0) is 12.1. The molecule has 0 aliphatic carbocycles. The molecule has 1 rings (SSSR count). The normalized spacial score (nSPS) is 26.2. The Morgan fingerprint density at radius 1 is 1.56 bits per heavy atom. The molecule has 1 saturated heterocycles. The highest BCUT2D eigenvalue weighted by molar-refractivity contribution is 6.18. The summed E-state index contributed by atoms with van der Waals surface area (Å²) >= 11 is 5.57.